The van der Waals surface area contributed by atoms with Crippen molar-refractivity contribution < 1.29 is 23.8 Å². The fraction of sp³-hybridized carbons (Fsp3) is 0.143. The highest BCUT2D eigenvalue weighted by molar-refractivity contribution is 6.09. The molecule has 2 aromatic carbocycles. The smallest absolute Gasteiger partial charge is 0.331 e. The summed E-state index contributed by atoms with van der Waals surface area (Å²) >= 11 is 0. The number of nitrogens with one attached hydrogen (secondary N) is 1. The number of hydrogen-bond acceptors (Lipinski definition) is 5. The lowest BCUT2D eigenvalue weighted by Crippen LogP contribution is -2.15. The zero-order chi connectivity index (χ0) is 18.6. The highest BCUT2D eigenvalue weighted by Crippen LogP contribution is 2.31. The number of aromatic nitrogens is 1. The number of para-hydroxylation sites is 1. The summed E-state index contributed by atoms with van der Waals surface area (Å²) in [7, 11) is 0. The van der Waals surface area contributed by atoms with Crippen molar-refractivity contribution in [1.29, 1.82) is 0 Å². The van der Waals surface area contributed by atoms with Gasteiger partial charge < -0.3 is 19.2 Å². The van der Waals surface area contributed by atoms with Crippen molar-refractivity contribution in [2.45, 2.75) is 0 Å². The van der Waals surface area contributed by atoms with E-state index in [4.69, 9.17) is 14.2 Å². The molecule has 0 amide bonds. The molecule has 0 spiro atoms. The molecule has 0 aliphatic carbocycles. The van der Waals surface area contributed by atoms with Crippen molar-refractivity contribution in [3.8, 4) is 11.5 Å². The van der Waals surface area contributed by atoms with Crippen LogP contribution in [0.15, 0.2) is 54.7 Å². The standard InChI is InChI=1S/C21H17NO5/c23-18(16-12-22-17-4-2-1-3-15(16)17)13-27-21(24)8-6-14-5-7-19-20(11-14)26-10-9-25-19/h1-8,11-12,22H,9-10,13H2. The van der Waals surface area contributed by atoms with Crippen LogP contribution in [0.25, 0.3) is 17.0 Å². The number of carbonyl (C=O) groups is 2. The Kier molecular flexibility index (Phi) is 4.61. The molecule has 0 radical (unpaired) electrons. The summed E-state index contributed by atoms with van der Waals surface area (Å²) in [5.41, 5.74) is 2.15. The monoisotopic (exact) mass is 363 g/mol. The lowest BCUT2D eigenvalue weighted by molar-refractivity contribution is -0.136. The van der Waals surface area contributed by atoms with Gasteiger partial charge in [0.05, 0.1) is 0 Å². The zero-order valence-electron chi connectivity index (χ0n) is 14.4. The van der Waals surface area contributed by atoms with E-state index < -0.39 is 5.97 Å². The average Bonchev–Trinajstić information content (AvgIpc) is 3.14. The number of H-pyrrole nitrogens is 1. The number of rotatable bonds is 5. The lowest BCUT2D eigenvalue weighted by atomic mass is 10.1. The van der Waals surface area contributed by atoms with Crippen LogP contribution in [-0.4, -0.2) is 36.6 Å². The van der Waals surface area contributed by atoms with E-state index in [1.807, 2.05) is 30.3 Å². The van der Waals surface area contributed by atoms with Gasteiger partial charge in [-0.15, -0.1) is 0 Å². The Hall–Kier alpha value is -3.54. The van der Waals surface area contributed by atoms with E-state index >= 15 is 0 Å². The van der Waals surface area contributed by atoms with Crippen LogP contribution in [0.4, 0.5) is 0 Å². The molecule has 0 saturated heterocycles. The number of Topliss-reactive ketones (excluding diaryl/α,β-unsaturated/α-hetero) is 1. The molecule has 0 bridgehead atoms. The van der Waals surface area contributed by atoms with Gasteiger partial charge in [0.15, 0.2) is 18.1 Å². The number of carbonyl (C=O) groups excluding carboxylic acids is 2. The minimum atomic E-state index is -0.585. The van der Waals surface area contributed by atoms with E-state index in [-0.39, 0.29) is 12.4 Å². The Morgan fingerprint density at radius 3 is 2.78 bits per heavy atom. The van der Waals surface area contributed by atoms with E-state index in [0.717, 1.165) is 16.5 Å². The number of hydrogen-bond donors (Lipinski definition) is 1. The molecule has 136 valence electrons. The van der Waals surface area contributed by atoms with E-state index in [2.05, 4.69) is 4.98 Å². The molecule has 1 aliphatic rings. The van der Waals surface area contributed by atoms with Gasteiger partial charge in [-0.2, -0.15) is 0 Å². The van der Waals surface area contributed by atoms with E-state index in [1.165, 1.54) is 6.08 Å². The molecule has 0 fully saturated rings. The molecule has 0 unspecified atom stereocenters. The molecule has 1 aromatic heterocycles. The van der Waals surface area contributed by atoms with Gasteiger partial charge in [-0.25, -0.2) is 4.79 Å². The molecule has 6 nitrogen and oxygen atoms in total. The third kappa shape index (κ3) is 3.69. The van der Waals surface area contributed by atoms with Gasteiger partial charge >= 0.3 is 5.97 Å². The zero-order valence-corrected chi connectivity index (χ0v) is 14.4. The number of aromatic amines is 1. The molecule has 3 aromatic rings. The quantitative estimate of drug-likeness (QED) is 0.427. The van der Waals surface area contributed by atoms with Crippen LogP contribution < -0.4 is 9.47 Å². The Labute approximate surface area is 155 Å². The molecule has 27 heavy (non-hydrogen) atoms. The highest BCUT2D eigenvalue weighted by atomic mass is 16.6. The Morgan fingerprint density at radius 2 is 1.89 bits per heavy atom. The van der Waals surface area contributed by atoms with Gasteiger partial charge in [-0.1, -0.05) is 24.3 Å². The first-order chi connectivity index (χ1) is 13.2. The van der Waals surface area contributed by atoms with Gasteiger partial charge in [-0.05, 0) is 29.8 Å². The van der Waals surface area contributed by atoms with Crippen molar-refractivity contribution in [3.63, 3.8) is 0 Å². The van der Waals surface area contributed by atoms with Crippen LogP contribution in [0, 0.1) is 0 Å². The second kappa shape index (κ2) is 7.37. The van der Waals surface area contributed by atoms with Crippen molar-refractivity contribution in [2.75, 3.05) is 19.8 Å². The minimum absolute atomic E-state index is 0.256. The summed E-state index contributed by atoms with van der Waals surface area (Å²) in [4.78, 5) is 27.3. The average molecular weight is 363 g/mol. The molecule has 1 N–H and O–H groups in total. The van der Waals surface area contributed by atoms with Gasteiger partial charge in [0.2, 0.25) is 5.78 Å². The maximum Gasteiger partial charge on any atom is 0.331 e. The fourth-order valence-corrected chi connectivity index (χ4v) is 2.89. The number of ketones is 1. The largest absolute Gasteiger partial charge is 0.486 e. The molecule has 0 atom stereocenters. The Morgan fingerprint density at radius 1 is 1.07 bits per heavy atom. The summed E-state index contributed by atoms with van der Waals surface area (Å²) in [6.07, 6.45) is 4.52. The summed E-state index contributed by atoms with van der Waals surface area (Å²) in [5, 5.41) is 0.811. The topological polar surface area (TPSA) is 77.6 Å². The summed E-state index contributed by atoms with van der Waals surface area (Å²) < 4.78 is 16.0. The van der Waals surface area contributed by atoms with E-state index in [0.29, 0.717) is 30.3 Å². The fourth-order valence-electron chi connectivity index (χ4n) is 2.89. The maximum atomic E-state index is 12.3. The van der Waals surface area contributed by atoms with Crippen molar-refractivity contribution in [1.82, 2.24) is 4.98 Å². The number of ether oxygens (including phenoxy) is 3. The first kappa shape index (κ1) is 16.9. The Bertz CT molecular complexity index is 1030. The summed E-state index contributed by atoms with van der Waals surface area (Å²) in [5.74, 6) is 0.489. The normalized spacial score (nSPS) is 13.0. The first-order valence-corrected chi connectivity index (χ1v) is 8.54. The Balaban J connectivity index is 1.37. The molecule has 0 saturated carbocycles. The van der Waals surface area contributed by atoms with Crippen molar-refractivity contribution in [3.05, 3.63) is 65.9 Å². The van der Waals surface area contributed by atoms with Gasteiger partial charge in [0.25, 0.3) is 0 Å². The van der Waals surface area contributed by atoms with Crippen LogP contribution in [-0.2, 0) is 9.53 Å². The van der Waals surface area contributed by atoms with E-state index in [9.17, 15) is 9.59 Å². The molecule has 6 heteroatoms. The number of fused-ring (bicyclic) bond motifs is 2. The molecular formula is C21H17NO5. The molecule has 2 heterocycles. The van der Waals surface area contributed by atoms with Crippen LogP contribution in [0.2, 0.25) is 0 Å². The predicted octanol–water partition coefficient (Wildman–Crippen LogP) is 3.38. The second-order valence-corrected chi connectivity index (χ2v) is 6.02. The summed E-state index contributed by atoms with van der Waals surface area (Å²) in [6.45, 7) is 0.712. The maximum absolute atomic E-state index is 12.3. The van der Waals surface area contributed by atoms with Gasteiger partial charge in [0, 0.05) is 28.7 Å². The van der Waals surface area contributed by atoms with Crippen molar-refractivity contribution >= 4 is 28.7 Å². The second-order valence-electron chi connectivity index (χ2n) is 6.02. The molecular weight excluding hydrogens is 346 g/mol. The molecule has 4 rings (SSSR count). The van der Waals surface area contributed by atoms with Gasteiger partial charge in [-0.3, -0.25) is 4.79 Å². The van der Waals surface area contributed by atoms with Crippen molar-refractivity contribution in [2.24, 2.45) is 0 Å². The number of esters is 1. The van der Waals surface area contributed by atoms with Crippen LogP contribution in [0.1, 0.15) is 15.9 Å². The first-order valence-electron chi connectivity index (χ1n) is 8.54. The number of benzene rings is 2. The third-order valence-electron chi connectivity index (χ3n) is 4.21. The van der Waals surface area contributed by atoms with Crippen LogP contribution in [0.5, 0.6) is 11.5 Å². The predicted molar refractivity (Wildman–Crippen MR) is 100 cm³/mol. The minimum Gasteiger partial charge on any atom is -0.486 e. The van der Waals surface area contributed by atoms with E-state index in [1.54, 1.807) is 24.4 Å². The van der Waals surface area contributed by atoms with Crippen LogP contribution >= 0.6 is 0 Å². The highest BCUT2D eigenvalue weighted by Gasteiger charge is 2.14. The summed E-state index contributed by atoms with van der Waals surface area (Å²) in [6, 6.07) is 12.9. The van der Waals surface area contributed by atoms with Crippen LogP contribution in [0.3, 0.4) is 0 Å². The van der Waals surface area contributed by atoms with Gasteiger partial charge in [0.1, 0.15) is 13.2 Å². The SMILES string of the molecule is O=C(C=Cc1ccc2c(c1)OCCO2)OCC(=O)c1c[nH]c2ccccc12. The molecule has 1 aliphatic heterocycles. The lowest BCUT2D eigenvalue weighted by Gasteiger charge is -2.18. The third-order valence-corrected chi connectivity index (χ3v) is 4.21.